The molecule has 0 bridgehead atoms. The Morgan fingerprint density at radius 3 is 1.65 bits per heavy atom. The Labute approximate surface area is 302 Å². The molecule has 2 aromatic heterocycles. The number of aromatic nitrogens is 1. The SMILES string of the molecule is C=C/C=c1\c(=C/N(c2ccccc2)c2ccccc2)c2cc(N(c3ccccc3)c3ccccc3)ccc2n1-c1ccc2oc3ccccc3c2c1. The third kappa shape index (κ3) is 5.53. The lowest BCUT2D eigenvalue weighted by atomic mass is 10.1. The first-order chi connectivity index (χ1) is 25.8. The molecule has 0 aliphatic heterocycles. The number of fused-ring (bicyclic) bond motifs is 4. The Bertz CT molecular complexity index is 2720. The van der Waals surface area contributed by atoms with Gasteiger partial charge in [-0.25, -0.2) is 0 Å². The lowest BCUT2D eigenvalue weighted by Crippen LogP contribution is -2.30. The summed E-state index contributed by atoms with van der Waals surface area (Å²) in [6.45, 7) is 4.19. The zero-order valence-corrected chi connectivity index (χ0v) is 28.5. The van der Waals surface area contributed by atoms with Crippen LogP contribution in [0.5, 0.6) is 0 Å². The summed E-state index contributed by atoms with van der Waals surface area (Å²) in [6, 6.07) is 63.6. The minimum absolute atomic E-state index is 0.866. The smallest absolute Gasteiger partial charge is 0.135 e. The maximum Gasteiger partial charge on any atom is 0.135 e. The number of nitrogens with zero attached hydrogens (tertiary/aromatic N) is 3. The minimum Gasteiger partial charge on any atom is -0.456 e. The van der Waals surface area contributed by atoms with Crippen molar-refractivity contribution >= 4 is 73.6 Å². The number of rotatable bonds is 8. The highest BCUT2D eigenvalue weighted by atomic mass is 16.3. The van der Waals surface area contributed by atoms with Crippen molar-refractivity contribution in [3.8, 4) is 5.69 Å². The predicted molar refractivity (Wildman–Crippen MR) is 219 cm³/mol. The molecule has 0 amide bonds. The molecular formula is C48H35N3O. The molecule has 0 aliphatic rings. The van der Waals surface area contributed by atoms with Crippen LogP contribution in [-0.2, 0) is 0 Å². The molecule has 0 saturated carbocycles. The zero-order valence-electron chi connectivity index (χ0n) is 28.5. The van der Waals surface area contributed by atoms with Crippen molar-refractivity contribution in [2.45, 2.75) is 0 Å². The van der Waals surface area contributed by atoms with Gasteiger partial charge < -0.3 is 18.8 Å². The first-order valence-electron chi connectivity index (χ1n) is 17.5. The summed E-state index contributed by atoms with van der Waals surface area (Å²) < 4.78 is 8.58. The molecule has 0 fully saturated rings. The summed E-state index contributed by atoms with van der Waals surface area (Å²) in [5, 5.41) is 5.38. The summed E-state index contributed by atoms with van der Waals surface area (Å²) in [6.07, 6.45) is 6.26. The standard InChI is InChI=1S/C48H35N3O/c1-2-17-45-44(34-49(35-18-7-3-8-19-35)36-20-9-4-10-21-36)42-32-39(50(37-22-11-5-12-23-37)38-24-13-6-14-25-38)28-30-46(42)51(45)40-29-31-48-43(33-40)41-26-15-16-27-47(41)52-48/h2-34H,1H2/b44-34-,45-17+. The van der Waals surface area contributed by atoms with E-state index in [9.17, 15) is 0 Å². The molecule has 0 atom stereocenters. The average Bonchev–Trinajstić information content (AvgIpc) is 3.73. The maximum absolute atomic E-state index is 6.24. The molecule has 0 spiro atoms. The third-order valence-electron chi connectivity index (χ3n) is 9.54. The Morgan fingerprint density at radius 2 is 1.04 bits per heavy atom. The van der Waals surface area contributed by atoms with Crippen LogP contribution >= 0.6 is 0 Å². The normalized spacial score (nSPS) is 12.2. The van der Waals surface area contributed by atoms with Crippen LogP contribution < -0.4 is 20.4 Å². The Morgan fingerprint density at radius 1 is 0.481 bits per heavy atom. The number of hydrogen-bond donors (Lipinski definition) is 0. The van der Waals surface area contributed by atoms with E-state index < -0.39 is 0 Å². The molecule has 0 unspecified atom stereocenters. The van der Waals surface area contributed by atoms with Crippen molar-refractivity contribution < 1.29 is 4.42 Å². The summed E-state index contributed by atoms with van der Waals surface area (Å²) in [5.41, 5.74) is 9.23. The quantitative estimate of drug-likeness (QED) is 0.161. The third-order valence-corrected chi connectivity index (χ3v) is 9.54. The van der Waals surface area contributed by atoms with E-state index in [1.165, 1.54) is 0 Å². The van der Waals surface area contributed by atoms with Crippen LogP contribution in [0.1, 0.15) is 0 Å². The predicted octanol–water partition coefficient (Wildman–Crippen LogP) is 11.5. The maximum atomic E-state index is 6.24. The number of benzene rings is 7. The fourth-order valence-corrected chi connectivity index (χ4v) is 7.21. The molecule has 0 aliphatic carbocycles. The molecule has 248 valence electrons. The van der Waals surface area contributed by atoms with E-state index in [0.717, 1.165) is 77.5 Å². The molecule has 4 nitrogen and oxygen atoms in total. The summed E-state index contributed by atoms with van der Waals surface area (Å²) in [4.78, 5) is 4.58. The van der Waals surface area contributed by atoms with Crippen molar-refractivity contribution in [3.05, 3.63) is 205 Å². The highest BCUT2D eigenvalue weighted by Crippen LogP contribution is 2.36. The van der Waals surface area contributed by atoms with E-state index in [-0.39, 0.29) is 0 Å². The average molecular weight is 670 g/mol. The van der Waals surface area contributed by atoms with Gasteiger partial charge in [0.2, 0.25) is 0 Å². The van der Waals surface area contributed by atoms with Gasteiger partial charge in [0.1, 0.15) is 11.2 Å². The molecule has 7 aromatic carbocycles. The summed E-state index contributed by atoms with van der Waals surface area (Å²) in [7, 11) is 0. The van der Waals surface area contributed by atoms with Gasteiger partial charge in [-0.15, -0.1) is 0 Å². The van der Waals surface area contributed by atoms with Gasteiger partial charge in [-0.05, 0) is 97.1 Å². The van der Waals surface area contributed by atoms with Crippen LogP contribution in [0.4, 0.5) is 28.4 Å². The van der Waals surface area contributed by atoms with Gasteiger partial charge in [0.25, 0.3) is 0 Å². The van der Waals surface area contributed by atoms with E-state index in [4.69, 9.17) is 4.42 Å². The van der Waals surface area contributed by atoms with Crippen molar-refractivity contribution in [2.24, 2.45) is 0 Å². The second-order valence-electron chi connectivity index (χ2n) is 12.7. The molecule has 2 heterocycles. The minimum atomic E-state index is 0.866. The summed E-state index contributed by atoms with van der Waals surface area (Å²) in [5.74, 6) is 0. The van der Waals surface area contributed by atoms with Gasteiger partial charge in [-0.1, -0.05) is 104 Å². The monoisotopic (exact) mass is 669 g/mol. The lowest BCUT2D eigenvalue weighted by Gasteiger charge is -2.25. The highest BCUT2D eigenvalue weighted by Gasteiger charge is 2.18. The first-order valence-corrected chi connectivity index (χ1v) is 17.5. The fraction of sp³-hybridized carbons (Fsp3) is 0. The highest BCUT2D eigenvalue weighted by molar-refractivity contribution is 6.05. The van der Waals surface area contributed by atoms with Gasteiger partial charge in [-0.2, -0.15) is 0 Å². The van der Waals surface area contributed by atoms with Crippen LogP contribution in [0.2, 0.25) is 0 Å². The van der Waals surface area contributed by atoms with Crippen LogP contribution in [0, 0.1) is 0 Å². The molecule has 0 radical (unpaired) electrons. The Kier molecular flexibility index (Phi) is 7.95. The largest absolute Gasteiger partial charge is 0.456 e. The van der Waals surface area contributed by atoms with Crippen molar-refractivity contribution in [2.75, 3.05) is 9.80 Å². The molecule has 9 rings (SSSR count). The van der Waals surface area contributed by atoms with E-state index >= 15 is 0 Å². The van der Waals surface area contributed by atoms with E-state index in [1.807, 2.05) is 18.2 Å². The van der Waals surface area contributed by atoms with E-state index in [1.54, 1.807) is 0 Å². The van der Waals surface area contributed by atoms with Gasteiger partial charge in [0.05, 0.1) is 10.9 Å². The molecular weight excluding hydrogens is 635 g/mol. The van der Waals surface area contributed by atoms with Crippen LogP contribution in [0.15, 0.2) is 199 Å². The van der Waals surface area contributed by atoms with Crippen molar-refractivity contribution in [1.29, 1.82) is 0 Å². The van der Waals surface area contributed by atoms with E-state index in [0.29, 0.717) is 0 Å². The van der Waals surface area contributed by atoms with E-state index in [2.05, 4.69) is 203 Å². The topological polar surface area (TPSA) is 24.6 Å². The van der Waals surface area contributed by atoms with Crippen LogP contribution in [0.25, 0.3) is 50.8 Å². The molecule has 0 N–H and O–H groups in total. The molecule has 9 aromatic rings. The first kappa shape index (κ1) is 31.0. The van der Waals surface area contributed by atoms with Crippen molar-refractivity contribution in [1.82, 2.24) is 4.57 Å². The van der Waals surface area contributed by atoms with Crippen LogP contribution in [-0.4, -0.2) is 4.57 Å². The molecule has 0 saturated heterocycles. The number of para-hydroxylation sites is 5. The number of hydrogen-bond acceptors (Lipinski definition) is 3. The number of anilines is 5. The fourth-order valence-electron chi connectivity index (χ4n) is 7.21. The Hall–Kier alpha value is -7.04. The lowest BCUT2D eigenvalue weighted by molar-refractivity contribution is 0.669. The van der Waals surface area contributed by atoms with Gasteiger partial charge in [-0.3, -0.25) is 0 Å². The Balaban J connectivity index is 1.38. The van der Waals surface area contributed by atoms with Gasteiger partial charge >= 0.3 is 0 Å². The van der Waals surface area contributed by atoms with Crippen molar-refractivity contribution in [3.63, 3.8) is 0 Å². The second-order valence-corrected chi connectivity index (χ2v) is 12.7. The molecule has 52 heavy (non-hydrogen) atoms. The van der Waals surface area contributed by atoms with Gasteiger partial charge in [0.15, 0.2) is 0 Å². The zero-order chi connectivity index (χ0) is 34.9. The second kappa shape index (κ2) is 13.3. The molecule has 4 heteroatoms. The van der Waals surface area contributed by atoms with Gasteiger partial charge in [0, 0.05) is 61.7 Å². The summed E-state index contributed by atoms with van der Waals surface area (Å²) >= 11 is 0. The number of furan rings is 1. The number of allylic oxidation sites excluding steroid dienone is 1. The van der Waals surface area contributed by atoms with Crippen LogP contribution in [0.3, 0.4) is 0 Å².